The van der Waals surface area contributed by atoms with Gasteiger partial charge in [0.05, 0.1) is 12.7 Å². The van der Waals surface area contributed by atoms with E-state index in [1.807, 2.05) is 39.0 Å². The van der Waals surface area contributed by atoms with Gasteiger partial charge < -0.3 is 4.74 Å². The molecule has 0 aliphatic carbocycles. The van der Waals surface area contributed by atoms with Crippen molar-refractivity contribution in [1.82, 2.24) is 4.98 Å². The quantitative estimate of drug-likeness (QED) is 0.751. The highest BCUT2D eigenvalue weighted by Crippen LogP contribution is 2.26. The molecular weight excluding hydrogens is 212 g/mol. The van der Waals surface area contributed by atoms with Gasteiger partial charge in [0.1, 0.15) is 17.3 Å². The van der Waals surface area contributed by atoms with Crippen molar-refractivity contribution >= 4 is 10.9 Å². The fourth-order valence-electron chi connectivity index (χ4n) is 1.61. The van der Waals surface area contributed by atoms with Gasteiger partial charge in [-0.25, -0.2) is 0 Å². The van der Waals surface area contributed by atoms with Crippen molar-refractivity contribution in [3.05, 3.63) is 35.5 Å². The lowest BCUT2D eigenvalue weighted by Gasteiger charge is -2.06. The third-order valence-corrected chi connectivity index (χ3v) is 2.47. The molecule has 3 nitrogen and oxygen atoms in total. The van der Waals surface area contributed by atoms with E-state index in [2.05, 4.69) is 11.1 Å². The zero-order valence-electron chi connectivity index (χ0n) is 10.6. The van der Waals surface area contributed by atoms with E-state index in [9.17, 15) is 0 Å². The SMILES string of the molecule is CC.COc1cccc2c(C)c(C#N)cnc12. The molecule has 0 spiro atoms. The van der Waals surface area contributed by atoms with E-state index in [0.717, 1.165) is 22.2 Å². The third-order valence-electron chi connectivity index (χ3n) is 2.47. The maximum absolute atomic E-state index is 8.88. The molecule has 0 saturated heterocycles. The van der Waals surface area contributed by atoms with Crippen molar-refractivity contribution in [2.24, 2.45) is 0 Å². The number of hydrogen-bond acceptors (Lipinski definition) is 3. The second kappa shape index (κ2) is 5.86. The molecule has 1 heterocycles. The van der Waals surface area contributed by atoms with Gasteiger partial charge in [0.2, 0.25) is 0 Å². The molecule has 3 heteroatoms. The minimum Gasteiger partial charge on any atom is -0.494 e. The monoisotopic (exact) mass is 228 g/mol. The predicted octanol–water partition coefficient (Wildman–Crippen LogP) is 3.45. The molecule has 0 saturated carbocycles. The smallest absolute Gasteiger partial charge is 0.145 e. The van der Waals surface area contributed by atoms with Gasteiger partial charge in [-0.2, -0.15) is 5.26 Å². The number of nitrogens with zero attached hydrogens (tertiary/aromatic N) is 2. The molecule has 0 atom stereocenters. The molecule has 1 aromatic carbocycles. The summed E-state index contributed by atoms with van der Waals surface area (Å²) in [5.74, 6) is 0.736. The van der Waals surface area contributed by atoms with E-state index < -0.39 is 0 Å². The highest BCUT2D eigenvalue weighted by molar-refractivity contribution is 5.88. The molecule has 0 radical (unpaired) electrons. The molecule has 0 bridgehead atoms. The van der Waals surface area contributed by atoms with Crippen molar-refractivity contribution in [1.29, 1.82) is 5.26 Å². The van der Waals surface area contributed by atoms with Crippen LogP contribution in [0.4, 0.5) is 0 Å². The number of benzene rings is 1. The van der Waals surface area contributed by atoms with Gasteiger partial charge in [-0.15, -0.1) is 0 Å². The van der Waals surface area contributed by atoms with Crippen LogP contribution in [0.2, 0.25) is 0 Å². The predicted molar refractivity (Wildman–Crippen MR) is 69.1 cm³/mol. The summed E-state index contributed by atoms with van der Waals surface area (Å²) in [4.78, 5) is 4.24. The van der Waals surface area contributed by atoms with Crippen LogP contribution in [-0.4, -0.2) is 12.1 Å². The van der Waals surface area contributed by atoms with Gasteiger partial charge >= 0.3 is 0 Å². The van der Waals surface area contributed by atoms with Crippen molar-refractivity contribution in [3.63, 3.8) is 0 Å². The molecular formula is C14H16N2O. The van der Waals surface area contributed by atoms with Crippen molar-refractivity contribution < 1.29 is 4.74 Å². The number of aryl methyl sites for hydroxylation is 1. The standard InChI is InChI=1S/C12H10N2O.C2H6/c1-8-9(6-13)7-14-12-10(8)4-3-5-11(12)15-2;1-2/h3-5,7H,1-2H3;1-2H3. The van der Waals surface area contributed by atoms with E-state index in [4.69, 9.17) is 10.00 Å². The summed E-state index contributed by atoms with van der Waals surface area (Å²) in [6, 6.07) is 7.83. The van der Waals surface area contributed by atoms with Crippen LogP contribution in [0.15, 0.2) is 24.4 Å². The largest absolute Gasteiger partial charge is 0.494 e. The minimum absolute atomic E-state index is 0.607. The molecule has 0 amide bonds. The number of pyridine rings is 1. The number of rotatable bonds is 1. The maximum Gasteiger partial charge on any atom is 0.145 e. The van der Waals surface area contributed by atoms with Gasteiger partial charge in [0.25, 0.3) is 0 Å². The number of hydrogen-bond donors (Lipinski definition) is 0. The van der Waals surface area contributed by atoms with Crippen LogP contribution in [0.5, 0.6) is 5.75 Å². The average Bonchev–Trinajstić information content (AvgIpc) is 2.41. The van der Waals surface area contributed by atoms with Gasteiger partial charge in [-0.05, 0) is 18.6 Å². The summed E-state index contributed by atoms with van der Waals surface area (Å²) in [6.07, 6.45) is 1.58. The molecule has 2 aromatic rings. The van der Waals surface area contributed by atoms with E-state index >= 15 is 0 Å². The fraction of sp³-hybridized carbons (Fsp3) is 0.286. The van der Waals surface area contributed by atoms with Crippen LogP contribution in [0, 0.1) is 18.3 Å². The van der Waals surface area contributed by atoms with Crippen molar-refractivity contribution in [2.45, 2.75) is 20.8 Å². The summed E-state index contributed by atoms with van der Waals surface area (Å²) in [6.45, 7) is 5.92. The Hall–Kier alpha value is -2.08. The van der Waals surface area contributed by atoms with Crippen LogP contribution in [-0.2, 0) is 0 Å². The normalized spacial score (nSPS) is 9.12. The first kappa shape index (κ1) is 13.0. The second-order valence-electron chi connectivity index (χ2n) is 3.27. The summed E-state index contributed by atoms with van der Waals surface area (Å²) in [5, 5.41) is 9.85. The Kier molecular flexibility index (Phi) is 4.47. The number of nitriles is 1. The van der Waals surface area contributed by atoms with Crippen LogP contribution in [0.25, 0.3) is 10.9 Å². The lowest BCUT2D eigenvalue weighted by molar-refractivity contribution is 0.419. The molecule has 0 N–H and O–H groups in total. The van der Waals surface area contributed by atoms with E-state index in [1.165, 1.54) is 0 Å². The summed E-state index contributed by atoms with van der Waals surface area (Å²) < 4.78 is 5.21. The van der Waals surface area contributed by atoms with Crippen LogP contribution in [0.1, 0.15) is 25.0 Å². The second-order valence-corrected chi connectivity index (χ2v) is 3.27. The zero-order valence-corrected chi connectivity index (χ0v) is 10.6. The van der Waals surface area contributed by atoms with Crippen LogP contribution < -0.4 is 4.74 Å². The Morgan fingerprint density at radius 2 is 2.00 bits per heavy atom. The third kappa shape index (κ3) is 2.36. The lowest BCUT2D eigenvalue weighted by atomic mass is 10.1. The Morgan fingerprint density at radius 1 is 1.29 bits per heavy atom. The minimum atomic E-state index is 0.607. The van der Waals surface area contributed by atoms with Gasteiger partial charge in [0.15, 0.2) is 0 Å². The van der Waals surface area contributed by atoms with Crippen LogP contribution in [0.3, 0.4) is 0 Å². The Balaban J connectivity index is 0.000000686. The van der Waals surface area contributed by atoms with Crippen molar-refractivity contribution in [3.8, 4) is 11.8 Å². The van der Waals surface area contributed by atoms with Gasteiger partial charge in [-0.1, -0.05) is 26.0 Å². The molecule has 0 fully saturated rings. The zero-order chi connectivity index (χ0) is 12.8. The average molecular weight is 228 g/mol. The summed E-state index contributed by atoms with van der Waals surface area (Å²) in [7, 11) is 1.62. The van der Waals surface area contributed by atoms with Gasteiger partial charge in [0, 0.05) is 11.6 Å². The molecule has 1 aromatic heterocycles. The lowest BCUT2D eigenvalue weighted by Crippen LogP contribution is -1.92. The number of methoxy groups -OCH3 is 1. The van der Waals surface area contributed by atoms with Gasteiger partial charge in [-0.3, -0.25) is 4.98 Å². The van der Waals surface area contributed by atoms with Crippen molar-refractivity contribution in [2.75, 3.05) is 7.11 Å². The Labute approximate surface area is 102 Å². The molecule has 88 valence electrons. The highest BCUT2D eigenvalue weighted by atomic mass is 16.5. The molecule has 17 heavy (non-hydrogen) atoms. The Morgan fingerprint density at radius 3 is 2.59 bits per heavy atom. The number of ether oxygens (including phenoxy) is 1. The first-order chi connectivity index (χ1) is 8.27. The highest BCUT2D eigenvalue weighted by Gasteiger charge is 2.07. The first-order valence-corrected chi connectivity index (χ1v) is 5.60. The maximum atomic E-state index is 8.88. The first-order valence-electron chi connectivity index (χ1n) is 5.60. The fourth-order valence-corrected chi connectivity index (χ4v) is 1.61. The number of fused-ring (bicyclic) bond motifs is 1. The number of para-hydroxylation sites is 1. The van der Waals surface area contributed by atoms with Crippen LogP contribution >= 0.6 is 0 Å². The molecule has 0 aliphatic heterocycles. The van der Waals surface area contributed by atoms with E-state index in [0.29, 0.717) is 5.56 Å². The van der Waals surface area contributed by atoms with E-state index in [-0.39, 0.29) is 0 Å². The topological polar surface area (TPSA) is 45.9 Å². The summed E-state index contributed by atoms with van der Waals surface area (Å²) in [5.41, 5.74) is 2.36. The molecule has 0 unspecified atom stereocenters. The molecule has 0 aliphatic rings. The van der Waals surface area contributed by atoms with E-state index in [1.54, 1.807) is 13.3 Å². The molecule has 2 rings (SSSR count). The number of aromatic nitrogens is 1. The Bertz CT molecular complexity index is 556. The summed E-state index contributed by atoms with van der Waals surface area (Å²) >= 11 is 0.